The van der Waals surface area contributed by atoms with E-state index < -0.39 is 34.6 Å². The van der Waals surface area contributed by atoms with Gasteiger partial charge in [-0.25, -0.2) is 17.5 Å². The van der Waals surface area contributed by atoms with Gasteiger partial charge in [0.25, 0.3) is 5.91 Å². The first kappa shape index (κ1) is 21.9. The van der Waals surface area contributed by atoms with Gasteiger partial charge in [0.1, 0.15) is 11.5 Å². The number of carbonyl (C=O) groups excluding carboxylic acids is 2. The molecule has 0 spiro atoms. The second kappa shape index (κ2) is 8.90. The maximum atomic E-state index is 12.3. The van der Waals surface area contributed by atoms with E-state index in [1.54, 1.807) is 24.3 Å². The molecular weight excluding hydrogens is 436 g/mol. The Kier molecular flexibility index (Phi) is 6.49. The van der Waals surface area contributed by atoms with Crippen LogP contribution in [0, 0.1) is 0 Å². The van der Waals surface area contributed by atoms with Gasteiger partial charge in [-0.15, -0.1) is 0 Å². The predicted octanol–water partition coefficient (Wildman–Crippen LogP) is 1.91. The number of para-hydroxylation sites is 2. The molecule has 30 heavy (non-hydrogen) atoms. The highest BCUT2D eigenvalue weighted by atomic mass is 35.5. The van der Waals surface area contributed by atoms with E-state index >= 15 is 0 Å². The van der Waals surface area contributed by atoms with E-state index in [4.69, 9.17) is 25.8 Å². The molecule has 1 atom stereocenters. The minimum absolute atomic E-state index is 0.0165. The molecule has 3 rings (SSSR count). The molecule has 1 aliphatic rings. The van der Waals surface area contributed by atoms with Crippen LogP contribution in [-0.2, 0) is 24.3 Å². The van der Waals surface area contributed by atoms with Crippen LogP contribution in [0.4, 0.5) is 5.69 Å². The van der Waals surface area contributed by atoms with Crippen LogP contribution in [0.5, 0.6) is 11.5 Å². The molecule has 0 unspecified atom stereocenters. The molecule has 0 bridgehead atoms. The van der Waals surface area contributed by atoms with Crippen LogP contribution in [0.1, 0.15) is 0 Å². The Bertz CT molecular complexity index is 1070. The molecule has 1 heterocycles. The number of halogens is 1. The van der Waals surface area contributed by atoms with Crippen molar-refractivity contribution in [2.75, 3.05) is 32.6 Å². The van der Waals surface area contributed by atoms with Crippen molar-refractivity contribution in [2.24, 2.45) is 0 Å². The third kappa shape index (κ3) is 4.84. The molecule has 0 aromatic heterocycles. The molecule has 0 fully saturated rings. The van der Waals surface area contributed by atoms with Gasteiger partial charge in [0.05, 0.1) is 5.02 Å². The molecule has 0 saturated carbocycles. The van der Waals surface area contributed by atoms with Gasteiger partial charge in [-0.2, -0.15) is 0 Å². The molecule has 0 radical (unpaired) electrons. The lowest BCUT2D eigenvalue weighted by atomic mass is 10.2. The average molecular weight is 455 g/mol. The summed E-state index contributed by atoms with van der Waals surface area (Å²) in [6.07, 6.45) is -1.000. The number of nitrogens with zero attached hydrogens (tertiary/aromatic N) is 1. The van der Waals surface area contributed by atoms with Crippen LogP contribution in [0.15, 0.2) is 47.4 Å². The summed E-state index contributed by atoms with van der Waals surface area (Å²) >= 11 is 5.97. The summed E-state index contributed by atoms with van der Waals surface area (Å²) in [5, 5.41) is 2.48. The normalized spacial score (nSPS) is 15.5. The fourth-order valence-corrected chi connectivity index (χ4v) is 3.93. The molecule has 2 aromatic carbocycles. The van der Waals surface area contributed by atoms with Crippen molar-refractivity contribution in [1.29, 1.82) is 0 Å². The summed E-state index contributed by atoms with van der Waals surface area (Å²) in [5.74, 6) is -0.487. The lowest BCUT2D eigenvalue weighted by Crippen LogP contribution is -2.39. The van der Waals surface area contributed by atoms with Crippen LogP contribution in [0.25, 0.3) is 0 Å². The van der Waals surface area contributed by atoms with Crippen molar-refractivity contribution in [2.45, 2.75) is 11.0 Å². The molecule has 160 valence electrons. The van der Waals surface area contributed by atoms with E-state index in [1.165, 1.54) is 32.3 Å². The summed E-state index contributed by atoms with van der Waals surface area (Å²) in [7, 11) is -1.06. The molecule has 1 aliphatic heterocycles. The number of fused-ring (bicyclic) bond motifs is 1. The molecular formula is C19H19ClN2O7S. The van der Waals surface area contributed by atoms with Gasteiger partial charge >= 0.3 is 5.97 Å². The van der Waals surface area contributed by atoms with Gasteiger partial charge in [0, 0.05) is 19.8 Å². The fraction of sp³-hybridized carbons (Fsp3) is 0.263. The standard InChI is InChI=1S/C19H19ClN2O7S/c1-22(2)30(25,26)17-9-12(7-8-13(17)20)21-18(23)11-28-19(24)16-10-27-14-5-3-4-6-15(14)29-16/h3-9,16H,10-11H2,1-2H3,(H,21,23)/t16-/m1/s1. The van der Waals surface area contributed by atoms with Crippen LogP contribution in [0.3, 0.4) is 0 Å². The van der Waals surface area contributed by atoms with Crippen molar-refractivity contribution in [3.8, 4) is 11.5 Å². The first-order valence-corrected chi connectivity index (χ1v) is 10.6. The topological polar surface area (TPSA) is 111 Å². The average Bonchev–Trinajstić information content (AvgIpc) is 2.72. The van der Waals surface area contributed by atoms with Crippen molar-refractivity contribution in [1.82, 2.24) is 4.31 Å². The zero-order chi connectivity index (χ0) is 21.9. The number of esters is 1. The highest BCUT2D eigenvalue weighted by Crippen LogP contribution is 2.31. The number of sulfonamides is 1. The number of anilines is 1. The number of rotatable bonds is 6. The minimum Gasteiger partial charge on any atom is -0.485 e. The second-order valence-corrected chi connectivity index (χ2v) is 8.98. The number of benzene rings is 2. The van der Waals surface area contributed by atoms with Crippen molar-refractivity contribution in [3.05, 3.63) is 47.5 Å². The zero-order valence-electron chi connectivity index (χ0n) is 16.1. The number of hydrogen-bond acceptors (Lipinski definition) is 7. The summed E-state index contributed by atoms with van der Waals surface area (Å²) in [4.78, 5) is 24.1. The molecule has 0 saturated heterocycles. The second-order valence-electron chi connectivity index (χ2n) is 6.45. The lowest BCUT2D eigenvalue weighted by molar-refractivity contribution is -0.156. The Hall–Kier alpha value is -2.82. The Morgan fingerprint density at radius 1 is 1.20 bits per heavy atom. The van der Waals surface area contributed by atoms with Gasteiger partial charge in [0.2, 0.25) is 16.1 Å². The van der Waals surface area contributed by atoms with E-state index in [-0.39, 0.29) is 22.2 Å². The molecule has 9 nitrogen and oxygen atoms in total. The number of nitrogens with one attached hydrogen (secondary N) is 1. The maximum Gasteiger partial charge on any atom is 0.351 e. The van der Waals surface area contributed by atoms with Gasteiger partial charge in [0.15, 0.2) is 18.1 Å². The fourth-order valence-electron chi connectivity index (χ4n) is 2.54. The van der Waals surface area contributed by atoms with Crippen molar-refractivity contribution in [3.63, 3.8) is 0 Å². The maximum absolute atomic E-state index is 12.3. The van der Waals surface area contributed by atoms with Crippen LogP contribution in [-0.4, -0.2) is 58.0 Å². The van der Waals surface area contributed by atoms with Gasteiger partial charge in [-0.05, 0) is 30.3 Å². The van der Waals surface area contributed by atoms with Gasteiger partial charge in [-0.1, -0.05) is 23.7 Å². The SMILES string of the molecule is CN(C)S(=O)(=O)c1cc(NC(=O)COC(=O)[C@H]2COc3ccccc3O2)ccc1Cl. The summed E-state index contributed by atoms with van der Waals surface area (Å²) < 4.78 is 41.5. The van der Waals surface area contributed by atoms with Crippen LogP contribution in [0.2, 0.25) is 5.02 Å². The molecule has 11 heteroatoms. The monoisotopic (exact) mass is 454 g/mol. The first-order chi connectivity index (χ1) is 14.2. The number of hydrogen-bond donors (Lipinski definition) is 1. The number of carbonyl (C=O) groups is 2. The van der Waals surface area contributed by atoms with Gasteiger partial charge < -0.3 is 19.5 Å². The van der Waals surface area contributed by atoms with E-state index in [2.05, 4.69) is 5.32 Å². The quantitative estimate of drug-likeness (QED) is 0.663. The number of amides is 1. The molecule has 2 aromatic rings. The summed E-state index contributed by atoms with van der Waals surface area (Å²) in [5.41, 5.74) is 0.187. The third-order valence-corrected chi connectivity index (χ3v) is 6.39. The first-order valence-electron chi connectivity index (χ1n) is 8.75. The largest absolute Gasteiger partial charge is 0.485 e. The van der Waals surface area contributed by atoms with Crippen LogP contribution >= 0.6 is 11.6 Å². The summed E-state index contributed by atoms with van der Waals surface area (Å²) in [6.45, 7) is -0.626. The van der Waals surface area contributed by atoms with Crippen molar-refractivity contribution < 1.29 is 32.2 Å². The van der Waals surface area contributed by atoms with Crippen LogP contribution < -0.4 is 14.8 Å². The zero-order valence-corrected chi connectivity index (χ0v) is 17.7. The van der Waals surface area contributed by atoms with Gasteiger partial charge in [-0.3, -0.25) is 4.79 Å². The lowest BCUT2D eigenvalue weighted by Gasteiger charge is -2.24. The van der Waals surface area contributed by atoms with E-state index in [0.717, 1.165) is 4.31 Å². The van der Waals surface area contributed by atoms with E-state index in [9.17, 15) is 18.0 Å². The minimum atomic E-state index is -3.80. The number of ether oxygens (including phenoxy) is 3. The van der Waals surface area contributed by atoms with E-state index in [1.807, 2.05) is 0 Å². The van der Waals surface area contributed by atoms with Crippen molar-refractivity contribution >= 4 is 39.2 Å². The van der Waals surface area contributed by atoms with E-state index in [0.29, 0.717) is 11.5 Å². The molecule has 0 aliphatic carbocycles. The smallest absolute Gasteiger partial charge is 0.351 e. The molecule has 1 N–H and O–H groups in total. The Morgan fingerprint density at radius 3 is 2.60 bits per heavy atom. The predicted molar refractivity (Wildman–Crippen MR) is 108 cm³/mol. The third-order valence-electron chi connectivity index (χ3n) is 4.09. The molecule has 1 amide bonds. The Morgan fingerprint density at radius 2 is 1.90 bits per heavy atom. The Balaban J connectivity index is 1.58. The Labute approximate surface area is 178 Å². The highest BCUT2D eigenvalue weighted by molar-refractivity contribution is 7.89. The summed E-state index contributed by atoms with van der Waals surface area (Å²) in [6, 6.07) is 10.9. The highest BCUT2D eigenvalue weighted by Gasteiger charge is 2.29.